The van der Waals surface area contributed by atoms with E-state index in [2.05, 4.69) is 74.5 Å². The highest BCUT2D eigenvalue weighted by atomic mass is 127. The van der Waals surface area contributed by atoms with Crippen LogP contribution in [0.3, 0.4) is 0 Å². The number of hydrogen-bond acceptors (Lipinski definition) is 1. The second kappa shape index (κ2) is 3.52. The third kappa shape index (κ3) is 1.44. The minimum absolute atomic E-state index is 1.05. The monoisotopic (exact) mass is 307 g/mol. The molecule has 1 aliphatic heterocycles. The second-order valence-corrected chi connectivity index (χ2v) is 4.68. The predicted molar refractivity (Wildman–Crippen MR) is 71.8 cm³/mol. The predicted octanol–water partition coefficient (Wildman–Crippen LogP) is 4.08. The van der Waals surface area contributed by atoms with Crippen LogP contribution in [0.15, 0.2) is 48.5 Å². The van der Waals surface area contributed by atoms with Crippen molar-refractivity contribution in [2.24, 2.45) is 0 Å². The molecule has 0 saturated carbocycles. The molecule has 0 spiro atoms. The maximum atomic E-state index is 2.37. The van der Waals surface area contributed by atoms with Gasteiger partial charge in [-0.3, -0.25) is 3.11 Å². The summed E-state index contributed by atoms with van der Waals surface area (Å²) in [5.74, 6) is 0. The molecule has 0 unspecified atom stereocenters. The molecule has 2 aromatic carbocycles. The minimum atomic E-state index is 1.05. The van der Waals surface area contributed by atoms with Gasteiger partial charge in [-0.1, -0.05) is 36.4 Å². The molecule has 0 aliphatic carbocycles. The van der Waals surface area contributed by atoms with Crippen LogP contribution in [-0.4, -0.2) is 0 Å². The van der Waals surface area contributed by atoms with E-state index in [-0.39, 0.29) is 0 Å². The Bertz CT molecular complexity index is 462. The first-order valence-corrected chi connectivity index (χ1v) is 5.94. The van der Waals surface area contributed by atoms with Crippen LogP contribution in [-0.2, 0) is 6.42 Å². The van der Waals surface area contributed by atoms with Crippen LogP contribution in [0, 0.1) is 0 Å². The summed E-state index contributed by atoms with van der Waals surface area (Å²) in [4.78, 5) is 0. The molecule has 0 radical (unpaired) electrons. The van der Waals surface area contributed by atoms with Crippen molar-refractivity contribution in [3.05, 3.63) is 59.7 Å². The minimum Gasteiger partial charge on any atom is -0.282 e. The highest BCUT2D eigenvalue weighted by Crippen LogP contribution is 2.40. The summed E-state index contributed by atoms with van der Waals surface area (Å²) in [7, 11) is 0. The summed E-state index contributed by atoms with van der Waals surface area (Å²) in [6.07, 6.45) is 1.05. The molecule has 0 amide bonds. The van der Waals surface area contributed by atoms with Gasteiger partial charge in [-0.15, -0.1) is 0 Å². The Balaban J connectivity index is 2.20. The molecule has 3 rings (SSSR count). The van der Waals surface area contributed by atoms with Gasteiger partial charge in [0.05, 0.1) is 34.2 Å². The third-order valence-corrected chi connectivity index (χ3v) is 3.83. The average molecular weight is 307 g/mol. The van der Waals surface area contributed by atoms with Gasteiger partial charge in [0.15, 0.2) is 0 Å². The van der Waals surface area contributed by atoms with E-state index >= 15 is 0 Å². The molecule has 0 fully saturated rings. The molecule has 0 bridgehead atoms. The van der Waals surface area contributed by atoms with Crippen LogP contribution >= 0.6 is 22.9 Å². The van der Waals surface area contributed by atoms with Gasteiger partial charge in [0.25, 0.3) is 0 Å². The lowest BCUT2D eigenvalue weighted by Gasteiger charge is -2.27. The highest BCUT2D eigenvalue weighted by molar-refractivity contribution is 14.1. The topological polar surface area (TPSA) is 3.24 Å². The van der Waals surface area contributed by atoms with Gasteiger partial charge in [0.1, 0.15) is 0 Å². The fourth-order valence-electron chi connectivity index (χ4n) is 2.04. The molecule has 1 aliphatic rings. The zero-order chi connectivity index (χ0) is 10.3. The Morgan fingerprint density at radius 2 is 1.27 bits per heavy atom. The standard InChI is InChI=1S/C13H10IN/c14-15-12-7-3-1-5-10(12)9-11-6-2-4-8-13(11)15/h1-8H,9H2. The Hall–Kier alpha value is -1.03. The van der Waals surface area contributed by atoms with E-state index < -0.39 is 0 Å². The first kappa shape index (κ1) is 9.21. The Morgan fingerprint density at radius 1 is 0.800 bits per heavy atom. The van der Waals surface area contributed by atoms with E-state index in [1.165, 1.54) is 22.5 Å². The van der Waals surface area contributed by atoms with Crippen LogP contribution in [0.5, 0.6) is 0 Å². The molecule has 0 saturated heterocycles. The van der Waals surface area contributed by atoms with E-state index in [0.717, 1.165) is 6.42 Å². The molecule has 1 heterocycles. The van der Waals surface area contributed by atoms with Crippen molar-refractivity contribution in [1.82, 2.24) is 0 Å². The molecule has 0 N–H and O–H groups in total. The number of para-hydroxylation sites is 2. The number of nitrogens with zero attached hydrogens (tertiary/aromatic N) is 1. The quantitative estimate of drug-likeness (QED) is 0.524. The van der Waals surface area contributed by atoms with E-state index in [9.17, 15) is 0 Å². The lowest BCUT2D eigenvalue weighted by atomic mass is 9.98. The molecule has 1 nitrogen and oxygen atoms in total. The lowest BCUT2D eigenvalue weighted by Crippen LogP contribution is -2.12. The molecule has 2 heteroatoms. The number of anilines is 2. The number of benzene rings is 2. The van der Waals surface area contributed by atoms with Crippen molar-refractivity contribution in [3.8, 4) is 0 Å². The lowest BCUT2D eigenvalue weighted by molar-refractivity contribution is 1.14. The largest absolute Gasteiger partial charge is 0.282 e. The van der Waals surface area contributed by atoms with Gasteiger partial charge < -0.3 is 0 Å². The Labute approximate surface area is 103 Å². The molecule has 74 valence electrons. The van der Waals surface area contributed by atoms with Crippen molar-refractivity contribution >= 4 is 34.2 Å². The van der Waals surface area contributed by atoms with E-state index in [1.54, 1.807) is 0 Å². The van der Waals surface area contributed by atoms with Crippen LogP contribution in [0.25, 0.3) is 0 Å². The van der Waals surface area contributed by atoms with Gasteiger partial charge in [-0.2, -0.15) is 0 Å². The van der Waals surface area contributed by atoms with Crippen LogP contribution in [0.2, 0.25) is 0 Å². The summed E-state index contributed by atoms with van der Waals surface area (Å²) in [6, 6.07) is 17.2. The molecular weight excluding hydrogens is 297 g/mol. The van der Waals surface area contributed by atoms with Crippen molar-refractivity contribution in [3.63, 3.8) is 0 Å². The smallest absolute Gasteiger partial charge is 0.0646 e. The fraction of sp³-hybridized carbons (Fsp3) is 0.0769. The summed E-state index contributed by atoms with van der Waals surface area (Å²) in [6.45, 7) is 0. The fourth-order valence-corrected chi connectivity index (χ4v) is 2.98. The van der Waals surface area contributed by atoms with Crippen molar-refractivity contribution in [2.75, 3.05) is 3.11 Å². The van der Waals surface area contributed by atoms with E-state index in [1.807, 2.05) is 0 Å². The van der Waals surface area contributed by atoms with Gasteiger partial charge >= 0.3 is 0 Å². The average Bonchev–Trinajstić information content (AvgIpc) is 2.30. The van der Waals surface area contributed by atoms with Gasteiger partial charge in [-0.05, 0) is 23.3 Å². The van der Waals surface area contributed by atoms with Gasteiger partial charge in [-0.25, -0.2) is 0 Å². The Kier molecular flexibility index (Phi) is 2.16. The second-order valence-electron chi connectivity index (χ2n) is 3.72. The van der Waals surface area contributed by atoms with Crippen molar-refractivity contribution in [1.29, 1.82) is 0 Å². The molecule has 0 atom stereocenters. The molecule has 2 aromatic rings. The zero-order valence-electron chi connectivity index (χ0n) is 8.15. The molecular formula is C13H10IN. The van der Waals surface area contributed by atoms with Gasteiger partial charge in [0, 0.05) is 6.42 Å². The Morgan fingerprint density at radius 3 is 1.80 bits per heavy atom. The van der Waals surface area contributed by atoms with E-state index in [4.69, 9.17) is 0 Å². The van der Waals surface area contributed by atoms with Crippen molar-refractivity contribution in [2.45, 2.75) is 6.42 Å². The first-order valence-electron chi connectivity index (χ1n) is 4.98. The zero-order valence-corrected chi connectivity index (χ0v) is 10.3. The van der Waals surface area contributed by atoms with Crippen LogP contribution < -0.4 is 3.11 Å². The molecule has 15 heavy (non-hydrogen) atoms. The maximum absolute atomic E-state index is 2.37. The third-order valence-electron chi connectivity index (χ3n) is 2.79. The number of fused-ring (bicyclic) bond motifs is 2. The van der Waals surface area contributed by atoms with E-state index in [0.29, 0.717) is 0 Å². The van der Waals surface area contributed by atoms with Gasteiger partial charge in [0.2, 0.25) is 0 Å². The number of hydrogen-bond donors (Lipinski definition) is 0. The maximum Gasteiger partial charge on any atom is 0.0646 e. The van der Waals surface area contributed by atoms with Crippen LogP contribution in [0.1, 0.15) is 11.1 Å². The highest BCUT2D eigenvalue weighted by Gasteiger charge is 2.19. The number of rotatable bonds is 0. The SMILES string of the molecule is IN1c2ccccc2Cc2ccccc21. The number of halogens is 1. The first-order chi connectivity index (χ1) is 7.36. The normalized spacial score (nSPS) is 13.3. The molecule has 0 aromatic heterocycles. The summed E-state index contributed by atoms with van der Waals surface area (Å²) >= 11 is 2.37. The van der Waals surface area contributed by atoms with Crippen LogP contribution in [0.4, 0.5) is 11.4 Å². The summed E-state index contributed by atoms with van der Waals surface area (Å²) in [5.41, 5.74) is 5.45. The summed E-state index contributed by atoms with van der Waals surface area (Å²) < 4.78 is 2.24. The summed E-state index contributed by atoms with van der Waals surface area (Å²) in [5, 5.41) is 0. The van der Waals surface area contributed by atoms with Crippen molar-refractivity contribution < 1.29 is 0 Å².